The average molecular weight is 376 g/mol. The molecule has 0 unspecified atom stereocenters. The van der Waals surface area contributed by atoms with Gasteiger partial charge >= 0.3 is 0 Å². The van der Waals surface area contributed by atoms with Crippen LogP contribution >= 0.6 is 12.4 Å². The van der Waals surface area contributed by atoms with E-state index in [-0.39, 0.29) is 17.8 Å². The summed E-state index contributed by atoms with van der Waals surface area (Å²) in [4.78, 5) is 9.91. The van der Waals surface area contributed by atoms with E-state index in [1.807, 2.05) is 0 Å². The van der Waals surface area contributed by atoms with Crippen LogP contribution in [0.15, 0.2) is 30.5 Å². The third-order valence-electron chi connectivity index (χ3n) is 5.36. The molecule has 1 saturated heterocycles. The fourth-order valence-corrected chi connectivity index (χ4v) is 3.78. The molecule has 1 fully saturated rings. The molecule has 2 aromatic heterocycles. The molecule has 142 valence electrons. The summed E-state index contributed by atoms with van der Waals surface area (Å²) < 4.78 is 4.69. The molecule has 26 heavy (non-hydrogen) atoms. The van der Waals surface area contributed by atoms with Crippen molar-refractivity contribution in [2.75, 3.05) is 39.8 Å². The summed E-state index contributed by atoms with van der Waals surface area (Å²) in [5.41, 5.74) is 3.73. The van der Waals surface area contributed by atoms with Gasteiger partial charge in [-0.3, -0.25) is 9.30 Å². The summed E-state index contributed by atoms with van der Waals surface area (Å²) in [5.74, 6) is 1.07. The van der Waals surface area contributed by atoms with Gasteiger partial charge in [-0.1, -0.05) is 32.9 Å². The zero-order valence-electron chi connectivity index (χ0n) is 16.3. The highest BCUT2D eigenvalue weighted by atomic mass is 35.5. The van der Waals surface area contributed by atoms with Gasteiger partial charge in [0.2, 0.25) is 5.78 Å². The van der Waals surface area contributed by atoms with Gasteiger partial charge in [-0.05, 0) is 19.2 Å². The Morgan fingerprint density at radius 2 is 1.69 bits per heavy atom. The number of rotatable bonds is 3. The van der Waals surface area contributed by atoms with Crippen molar-refractivity contribution in [2.24, 2.45) is 0 Å². The van der Waals surface area contributed by atoms with Crippen LogP contribution in [-0.4, -0.2) is 63.5 Å². The summed E-state index contributed by atoms with van der Waals surface area (Å²) in [7, 11) is 2.21. The molecule has 0 amide bonds. The monoisotopic (exact) mass is 375 g/mol. The van der Waals surface area contributed by atoms with Gasteiger partial charge in [0.1, 0.15) is 0 Å². The average Bonchev–Trinajstić information content (AvgIpc) is 3.10. The number of fused-ring (bicyclic) bond motifs is 3. The van der Waals surface area contributed by atoms with Crippen LogP contribution in [0.1, 0.15) is 26.5 Å². The minimum absolute atomic E-state index is 0. The van der Waals surface area contributed by atoms with Gasteiger partial charge in [0.05, 0.1) is 11.0 Å². The van der Waals surface area contributed by atoms with Gasteiger partial charge in [-0.2, -0.15) is 0 Å². The Morgan fingerprint density at radius 1 is 1.00 bits per heavy atom. The molecule has 0 N–H and O–H groups in total. The van der Waals surface area contributed by atoms with Crippen LogP contribution in [0.2, 0.25) is 0 Å². The van der Waals surface area contributed by atoms with Crippen LogP contribution in [0.4, 0.5) is 0 Å². The van der Waals surface area contributed by atoms with Gasteiger partial charge in [-0.25, -0.2) is 4.98 Å². The number of hydrogen-bond acceptors (Lipinski definition) is 3. The molecule has 0 bridgehead atoms. The normalized spacial score (nSPS) is 17.1. The van der Waals surface area contributed by atoms with Crippen molar-refractivity contribution in [1.29, 1.82) is 0 Å². The lowest BCUT2D eigenvalue weighted by Gasteiger charge is -2.32. The molecule has 0 radical (unpaired) electrons. The molecular formula is C20H30ClN5. The first-order valence-electron chi connectivity index (χ1n) is 9.31. The molecule has 0 aliphatic carbocycles. The number of hydrogen-bond donors (Lipinski definition) is 0. The summed E-state index contributed by atoms with van der Waals surface area (Å²) in [6, 6.07) is 8.42. The van der Waals surface area contributed by atoms with Crippen molar-refractivity contribution >= 4 is 29.2 Å². The fraction of sp³-hybridized carbons (Fsp3) is 0.550. The number of para-hydroxylation sites is 2. The largest absolute Gasteiger partial charge is 0.312 e. The maximum atomic E-state index is 4.92. The first kappa shape index (κ1) is 19.2. The third-order valence-corrected chi connectivity index (χ3v) is 5.36. The van der Waals surface area contributed by atoms with Gasteiger partial charge in [0, 0.05) is 56.6 Å². The lowest BCUT2D eigenvalue weighted by atomic mass is 9.92. The van der Waals surface area contributed by atoms with E-state index in [1.165, 1.54) is 24.3 Å². The van der Waals surface area contributed by atoms with E-state index in [0.717, 1.165) is 37.5 Å². The second kappa shape index (κ2) is 7.22. The zero-order chi connectivity index (χ0) is 17.6. The van der Waals surface area contributed by atoms with Gasteiger partial charge < -0.3 is 9.47 Å². The minimum Gasteiger partial charge on any atom is -0.312 e. The minimum atomic E-state index is 0. The summed E-state index contributed by atoms with van der Waals surface area (Å²) in [5, 5.41) is 0. The van der Waals surface area contributed by atoms with Gasteiger partial charge in [-0.15, -0.1) is 12.4 Å². The number of nitrogens with zero attached hydrogens (tertiary/aromatic N) is 5. The van der Waals surface area contributed by atoms with E-state index in [1.54, 1.807) is 0 Å². The molecule has 5 nitrogen and oxygen atoms in total. The molecular weight excluding hydrogens is 346 g/mol. The number of imidazole rings is 2. The Hall–Kier alpha value is -1.56. The van der Waals surface area contributed by atoms with E-state index in [2.05, 4.69) is 77.0 Å². The highest BCUT2D eigenvalue weighted by Gasteiger charge is 2.24. The highest BCUT2D eigenvalue weighted by Crippen LogP contribution is 2.27. The molecule has 0 spiro atoms. The van der Waals surface area contributed by atoms with E-state index in [9.17, 15) is 0 Å². The molecule has 4 rings (SSSR count). The second-order valence-corrected chi connectivity index (χ2v) is 8.33. The Labute approximate surface area is 162 Å². The Kier molecular flexibility index (Phi) is 5.33. The van der Waals surface area contributed by atoms with Crippen LogP contribution in [0.25, 0.3) is 16.8 Å². The maximum Gasteiger partial charge on any atom is 0.215 e. The number of aromatic nitrogens is 3. The van der Waals surface area contributed by atoms with Crippen molar-refractivity contribution in [3.05, 3.63) is 36.2 Å². The molecule has 3 aromatic rings. The Balaban J connectivity index is 0.00000196. The van der Waals surface area contributed by atoms with E-state index in [4.69, 9.17) is 4.98 Å². The van der Waals surface area contributed by atoms with Crippen molar-refractivity contribution in [2.45, 2.75) is 32.7 Å². The maximum absolute atomic E-state index is 4.92. The first-order valence-corrected chi connectivity index (χ1v) is 9.31. The standard InChI is InChI=1S/C20H29N5.ClH/c1-20(2,3)18-15-25-17-8-6-5-7-16(17)21-19(25)24(18)14-13-23-11-9-22(4)10-12-23;/h5-8,15H,9-14H2,1-4H3;1H. The summed E-state index contributed by atoms with van der Waals surface area (Å²) >= 11 is 0. The highest BCUT2D eigenvalue weighted by molar-refractivity contribution is 5.85. The van der Waals surface area contributed by atoms with Gasteiger partial charge in [0.15, 0.2) is 0 Å². The number of piperazine rings is 1. The molecule has 1 aliphatic rings. The number of benzene rings is 1. The summed E-state index contributed by atoms with van der Waals surface area (Å²) in [6.45, 7) is 13.6. The lowest BCUT2D eigenvalue weighted by Crippen LogP contribution is -2.45. The van der Waals surface area contributed by atoms with Crippen LogP contribution in [-0.2, 0) is 12.0 Å². The van der Waals surface area contributed by atoms with Gasteiger partial charge in [0.25, 0.3) is 0 Å². The van der Waals surface area contributed by atoms with Crippen LogP contribution in [0.3, 0.4) is 0 Å². The first-order chi connectivity index (χ1) is 11.9. The van der Waals surface area contributed by atoms with E-state index in [0.29, 0.717) is 0 Å². The van der Waals surface area contributed by atoms with E-state index >= 15 is 0 Å². The number of likely N-dealkylation sites (N-methyl/N-ethyl adjacent to an activating group) is 1. The zero-order valence-corrected chi connectivity index (χ0v) is 17.1. The third kappa shape index (κ3) is 3.48. The lowest BCUT2D eigenvalue weighted by molar-refractivity contribution is 0.150. The van der Waals surface area contributed by atoms with Crippen molar-refractivity contribution < 1.29 is 0 Å². The number of halogens is 1. The van der Waals surface area contributed by atoms with Crippen LogP contribution in [0, 0.1) is 0 Å². The fourth-order valence-electron chi connectivity index (χ4n) is 3.78. The predicted molar refractivity (Wildman–Crippen MR) is 111 cm³/mol. The Bertz CT molecular complexity index is 881. The molecule has 3 heterocycles. The van der Waals surface area contributed by atoms with Crippen LogP contribution < -0.4 is 0 Å². The SMILES string of the molecule is CN1CCN(CCn2c(C(C)(C)C)cn3c4ccccc4nc23)CC1.Cl. The second-order valence-electron chi connectivity index (χ2n) is 8.33. The molecule has 1 aromatic carbocycles. The smallest absolute Gasteiger partial charge is 0.215 e. The molecule has 0 saturated carbocycles. The topological polar surface area (TPSA) is 28.7 Å². The van der Waals surface area contributed by atoms with Crippen molar-refractivity contribution in [1.82, 2.24) is 23.8 Å². The predicted octanol–water partition coefficient (Wildman–Crippen LogP) is 3.26. The molecule has 0 atom stereocenters. The van der Waals surface area contributed by atoms with Crippen molar-refractivity contribution in [3.8, 4) is 0 Å². The quantitative estimate of drug-likeness (QED) is 0.703. The van der Waals surface area contributed by atoms with Crippen molar-refractivity contribution in [3.63, 3.8) is 0 Å². The van der Waals surface area contributed by atoms with E-state index < -0.39 is 0 Å². The Morgan fingerprint density at radius 3 is 2.38 bits per heavy atom. The summed E-state index contributed by atoms with van der Waals surface area (Å²) in [6.07, 6.45) is 2.29. The van der Waals surface area contributed by atoms with Crippen LogP contribution in [0.5, 0.6) is 0 Å². The molecule has 6 heteroatoms. The molecule has 1 aliphatic heterocycles.